The fourth-order valence-corrected chi connectivity index (χ4v) is 2.95. The molecule has 0 unspecified atom stereocenters. The van der Waals surface area contributed by atoms with E-state index in [0.717, 1.165) is 17.1 Å². The van der Waals surface area contributed by atoms with E-state index in [1.54, 1.807) is 17.2 Å². The van der Waals surface area contributed by atoms with E-state index in [1.165, 1.54) is 0 Å². The van der Waals surface area contributed by atoms with E-state index in [-0.39, 0.29) is 5.91 Å². The lowest BCUT2D eigenvalue weighted by molar-refractivity contribution is 0.0299. The number of carbonyl (C=O) groups excluding carboxylic acids is 1. The van der Waals surface area contributed by atoms with Crippen molar-refractivity contribution in [2.75, 3.05) is 31.6 Å². The van der Waals surface area contributed by atoms with Gasteiger partial charge in [-0.25, -0.2) is 4.98 Å². The summed E-state index contributed by atoms with van der Waals surface area (Å²) in [7, 11) is 0. The number of hydrogen-bond donors (Lipinski definition) is 1. The molecule has 0 bridgehead atoms. The minimum absolute atomic E-state index is 0.0670. The summed E-state index contributed by atoms with van der Waals surface area (Å²) in [6, 6.07) is 20.9. The van der Waals surface area contributed by atoms with E-state index in [9.17, 15) is 4.79 Å². The first-order valence-electron chi connectivity index (χ1n) is 9.21. The molecule has 1 N–H and O–H groups in total. The molecule has 1 saturated heterocycles. The van der Waals surface area contributed by atoms with Gasteiger partial charge >= 0.3 is 0 Å². The average Bonchev–Trinajstić information content (AvgIpc) is 2.76. The average molecular weight is 375 g/mol. The Morgan fingerprint density at radius 2 is 1.71 bits per heavy atom. The Morgan fingerprint density at radius 1 is 0.964 bits per heavy atom. The smallest absolute Gasteiger partial charge is 0.272 e. The number of morpholine rings is 1. The van der Waals surface area contributed by atoms with Crippen LogP contribution in [0.5, 0.6) is 11.5 Å². The summed E-state index contributed by atoms with van der Waals surface area (Å²) in [6.07, 6.45) is 1.66. The molecule has 1 aliphatic heterocycles. The molecule has 28 heavy (non-hydrogen) atoms. The summed E-state index contributed by atoms with van der Waals surface area (Å²) < 4.78 is 11.3. The predicted octanol–water partition coefficient (Wildman–Crippen LogP) is 4.09. The lowest BCUT2D eigenvalue weighted by Crippen LogP contribution is -2.41. The SMILES string of the molecule is O=C(c1ccc(Nc2ccccc2Oc2ccccc2)cn1)N1CCOCC1. The monoisotopic (exact) mass is 375 g/mol. The van der Waals surface area contributed by atoms with Crippen LogP contribution in [0.4, 0.5) is 11.4 Å². The largest absolute Gasteiger partial charge is 0.455 e. The highest BCUT2D eigenvalue weighted by Crippen LogP contribution is 2.31. The summed E-state index contributed by atoms with van der Waals surface area (Å²) in [5.41, 5.74) is 2.03. The van der Waals surface area contributed by atoms with Crippen molar-refractivity contribution < 1.29 is 14.3 Å². The lowest BCUT2D eigenvalue weighted by Gasteiger charge is -2.26. The van der Waals surface area contributed by atoms with Gasteiger partial charge in [0.05, 0.1) is 30.8 Å². The number of hydrogen-bond acceptors (Lipinski definition) is 5. The van der Waals surface area contributed by atoms with Crippen LogP contribution in [-0.2, 0) is 4.74 Å². The van der Waals surface area contributed by atoms with Crippen LogP contribution in [0.25, 0.3) is 0 Å². The second kappa shape index (κ2) is 8.54. The predicted molar refractivity (Wildman–Crippen MR) is 107 cm³/mol. The summed E-state index contributed by atoms with van der Waals surface area (Å²) in [5.74, 6) is 1.41. The number of nitrogens with zero attached hydrogens (tertiary/aromatic N) is 2. The van der Waals surface area contributed by atoms with Gasteiger partial charge in [0.15, 0.2) is 5.75 Å². The van der Waals surface area contributed by atoms with Gasteiger partial charge in [-0.1, -0.05) is 30.3 Å². The van der Waals surface area contributed by atoms with Crippen LogP contribution in [0, 0.1) is 0 Å². The molecule has 1 amide bonds. The third-order valence-electron chi connectivity index (χ3n) is 4.42. The fraction of sp³-hybridized carbons (Fsp3) is 0.182. The van der Waals surface area contributed by atoms with Gasteiger partial charge in [0.1, 0.15) is 11.4 Å². The topological polar surface area (TPSA) is 63.7 Å². The van der Waals surface area contributed by atoms with Crippen LogP contribution in [-0.4, -0.2) is 42.1 Å². The Kier molecular flexibility index (Phi) is 5.49. The summed E-state index contributed by atoms with van der Waals surface area (Å²) in [4.78, 5) is 18.6. The molecule has 6 heteroatoms. The zero-order valence-electron chi connectivity index (χ0n) is 15.4. The molecule has 4 rings (SSSR count). The number of ether oxygens (including phenoxy) is 2. The van der Waals surface area contributed by atoms with Gasteiger partial charge in [-0.2, -0.15) is 0 Å². The van der Waals surface area contributed by atoms with Crippen LogP contribution in [0.2, 0.25) is 0 Å². The highest BCUT2D eigenvalue weighted by molar-refractivity contribution is 5.92. The van der Waals surface area contributed by atoms with E-state index in [1.807, 2.05) is 60.7 Å². The molecule has 2 heterocycles. The number of para-hydroxylation sites is 3. The summed E-state index contributed by atoms with van der Waals surface area (Å²) in [6.45, 7) is 2.35. The summed E-state index contributed by atoms with van der Waals surface area (Å²) >= 11 is 0. The molecule has 2 aromatic carbocycles. The lowest BCUT2D eigenvalue weighted by atomic mass is 10.2. The molecule has 142 valence electrons. The fourth-order valence-electron chi connectivity index (χ4n) is 2.95. The molecule has 0 radical (unpaired) electrons. The molecule has 3 aromatic rings. The maximum Gasteiger partial charge on any atom is 0.272 e. The highest BCUT2D eigenvalue weighted by atomic mass is 16.5. The number of aromatic nitrogens is 1. The van der Waals surface area contributed by atoms with Crippen molar-refractivity contribution >= 4 is 17.3 Å². The molecule has 0 atom stereocenters. The number of amides is 1. The van der Waals surface area contributed by atoms with Crippen LogP contribution in [0.15, 0.2) is 72.9 Å². The van der Waals surface area contributed by atoms with Crippen molar-refractivity contribution in [2.45, 2.75) is 0 Å². The van der Waals surface area contributed by atoms with E-state index in [4.69, 9.17) is 9.47 Å². The standard InChI is InChI=1S/C22H21N3O3/c26-22(25-12-14-27-15-13-25)20-11-10-17(16-23-20)24-19-8-4-5-9-21(19)28-18-6-2-1-3-7-18/h1-11,16,24H,12-15H2. The van der Waals surface area contributed by atoms with Crippen LogP contribution in [0.3, 0.4) is 0 Å². The van der Waals surface area contributed by atoms with Crippen molar-refractivity contribution in [3.63, 3.8) is 0 Å². The minimum atomic E-state index is -0.0670. The van der Waals surface area contributed by atoms with Gasteiger partial charge in [0.25, 0.3) is 5.91 Å². The second-order valence-corrected chi connectivity index (χ2v) is 6.37. The number of anilines is 2. The zero-order valence-corrected chi connectivity index (χ0v) is 15.4. The van der Waals surface area contributed by atoms with Gasteiger partial charge < -0.3 is 19.7 Å². The number of pyridine rings is 1. The van der Waals surface area contributed by atoms with Crippen molar-refractivity contribution in [1.29, 1.82) is 0 Å². The van der Waals surface area contributed by atoms with E-state index in [0.29, 0.717) is 37.7 Å². The van der Waals surface area contributed by atoms with Crippen LogP contribution >= 0.6 is 0 Å². The third-order valence-corrected chi connectivity index (χ3v) is 4.42. The molecular weight excluding hydrogens is 354 g/mol. The van der Waals surface area contributed by atoms with E-state index >= 15 is 0 Å². The molecule has 1 aromatic heterocycles. The minimum Gasteiger partial charge on any atom is -0.455 e. The van der Waals surface area contributed by atoms with E-state index < -0.39 is 0 Å². The van der Waals surface area contributed by atoms with E-state index in [2.05, 4.69) is 10.3 Å². The maximum absolute atomic E-state index is 12.5. The Morgan fingerprint density at radius 3 is 2.46 bits per heavy atom. The molecular formula is C22H21N3O3. The second-order valence-electron chi connectivity index (χ2n) is 6.37. The molecule has 6 nitrogen and oxygen atoms in total. The first kappa shape index (κ1) is 18.0. The maximum atomic E-state index is 12.5. The van der Waals surface area contributed by atoms with Crippen LogP contribution in [0.1, 0.15) is 10.5 Å². The first-order valence-corrected chi connectivity index (χ1v) is 9.21. The normalized spacial score (nSPS) is 13.8. The van der Waals surface area contributed by atoms with Gasteiger partial charge in [0, 0.05) is 13.1 Å². The first-order chi connectivity index (χ1) is 13.8. The number of rotatable bonds is 5. The van der Waals surface area contributed by atoms with Gasteiger partial charge in [-0.3, -0.25) is 4.79 Å². The van der Waals surface area contributed by atoms with Gasteiger partial charge in [-0.15, -0.1) is 0 Å². The Bertz CT molecular complexity index is 923. The van der Waals surface area contributed by atoms with Gasteiger partial charge in [-0.05, 0) is 36.4 Å². The summed E-state index contributed by atoms with van der Waals surface area (Å²) in [5, 5.41) is 3.31. The van der Waals surface area contributed by atoms with Crippen molar-refractivity contribution in [3.8, 4) is 11.5 Å². The van der Waals surface area contributed by atoms with Crippen LogP contribution < -0.4 is 10.1 Å². The number of carbonyl (C=O) groups is 1. The Balaban J connectivity index is 1.47. The Hall–Kier alpha value is -3.38. The van der Waals surface area contributed by atoms with Crippen molar-refractivity contribution in [3.05, 3.63) is 78.6 Å². The zero-order chi connectivity index (χ0) is 19.2. The Labute approximate surface area is 163 Å². The highest BCUT2D eigenvalue weighted by Gasteiger charge is 2.19. The molecule has 0 saturated carbocycles. The molecule has 1 aliphatic rings. The quantitative estimate of drug-likeness (QED) is 0.728. The molecule has 0 aliphatic carbocycles. The van der Waals surface area contributed by atoms with Crippen molar-refractivity contribution in [1.82, 2.24) is 9.88 Å². The molecule has 0 spiro atoms. The number of benzene rings is 2. The number of nitrogens with one attached hydrogen (secondary N) is 1. The third kappa shape index (κ3) is 4.29. The molecule has 1 fully saturated rings. The van der Waals surface area contributed by atoms with Crippen molar-refractivity contribution in [2.24, 2.45) is 0 Å². The van der Waals surface area contributed by atoms with Gasteiger partial charge in [0.2, 0.25) is 0 Å².